The molecule has 136 valence electrons. The zero-order valence-corrected chi connectivity index (χ0v) is 15.9. The third kappa shape index (κ3) is 5.99. The first-order valence-corrected chi connectivity index (χ1v) is 9.26. The zero-order valence-electron chi connectivity index (χ0n) is 14.3. The van der Waals surface area contributed by atoms with Crippen molar-refractivity contribution < 1.29 is 4.79 Å². The first-order chi connectivity index (χ1) is 11.7. The number of aryl methyl sites for hydroxylation is 1. The highest BCUT2D eigenvalue weighted by Crippen LogP contribution is 2.17. The summed E-state index contributed by atoms with van der Waals surface area (Å²) in [5, 5.41) is 0.623. The lowest BCUT2D eigenvalue weighted by atomic mass is 10.1. The minimum atomic E-state index is 0. The van der Waals surface area contributed by atoms with Crippen molar-refractivity contribution in [3.05, 3.63) is 47.0 Å². The van der Waals surface area contributed by atoms with E-state index in [9.17, 15) is 4.79 Å². The van der Waals surface area contributed by atoms with E-state index < -0.39 is 0 Å². The van der Waals surface area contributed by atoms with Gasteiger partial charge in [-0.25, -0.2) is 4.98 Å². The molecule has 0 unspecified atom stereocenters. The van der Waals surface area contributed by atoms with Crippen LogP contribution >= 0.6 is 23.7 Å². The number of hydrogen-bond acceptors (Lipinski definition) is 5. The fourth-order valence-electron chi connectivity index (χ4n) is 3.05. The van der Waals surface area contributed by atoms with Crippen LogP contribution in [0.5, 0.6) is 0 Å². The van der Waals surface area contributed by atoms with Gasteiger partial charge < -0.3 is 10.6 Å². The van der Waals surface area contributed by atoms with Crippen LogP contribution < -0.4 is 5.73 Å². The molecule has 5 nitrogen and oxygen atoms in total. The van der Waals surface area contributed by atoms with E-state index in [0.717, 1.165) is 45.6 Å². The largest absolute Gasteiger partial charge is 0.375 e. The molecule has 0 atom stereocenters. The molecule has 2 aromatic rings. The van der Waals surface area contributed by atoms with Gasteiger partial charge in [0.25, 0.3) is 0 Å². The van der Waals surface area contributed by atoms with Crippen LogP contribution in [-0.2, 0) is 17.8 Å². The van der Waals surface area contributed by atoms with Crippen LogP contribution in [0.15, 0.2) is 36.5 Å². The summed E-state index contributed by atoms with van der Waals surface area (Å²) in [5.41, 5.74) is 6.92. The number of halogens is 1. The van der Waals surface area contributed by atoms with E-state index in [1.807, 2.05) is 29.3 Å². The molecule has 2 N–H and O–H groups in total. The second-order valence-corrected chi connectivity index (χ2v) is 7.31. The van der Waals surface area contributed by atoms with Crippen LogP contribution in [0.4, 0.5) is 5.13 Å². The van der Waals surface area contributed by atoms with Crippen molar-refractivity contribution in [2.75, 3.05) is 31.9 Å². The molecule has 1 aliphatic rings. The van der Waals surface area contributed by atoms with Gasteiger partial charge in [-0.1, -0.05) is 30.3 Å². The Hall–Kier alpha value is -1.63. The van der Waals surface area contributed by atoms with Crippen molar-refractivity contribution in [3.8, 4) is 0 Å². The lowest BCUT2D eigenvalue weighted by molar-refractivity contribution is -0.131. The molecular formula is C18H25ClN4OS. The zero-order chi connectivity index (χ0) is 16.8. The summed E-state index contributed by atoms with van der Waals surface area (Å²) in [6.45, 7) is 4.47. The summed E-state index contributed by atoms with van der Waals surface area (Å²) in [5.74, 6) is 0.266. The Morgan fingerprint density at radius 3 is 2.68 bits per heavy atom. The molecule has 1 fully saturated rings. The number of carbonyl (C=O) groups excluding carboxylic acids is 1. The lowest BCUT2D eigenvalue weighted by Gasteiger charge is -2.21. The second-order valence-electron chi connectivity index (χ2n) is 6.16. The molecule has 25 heavy (non-hydrogen) atoms. The van der Waals surface area contributed by atoms with Gasteiger partial charge in [-0.3, -0.25) is 9.69 Å². The number of benzene rings is 1. The normalized spacial score (nSPS) is 15.4. The monoisotopic (exact) mass is 380 g/mol. The number of anilines is 1. The SMILES string of the molecule is Cl.Nc1ncc(CN2CCCN(C(=O)CCc3ccccc3)CC2)s1. The van der Waals surface area contributed by atoms with E-state index in [-0.39, 0.29) is 18.3 Å². The van der Waals surface area contributed by atoms with Crippen LogP contribution in [0, 0.1) is 0 Å². The molecule has 0 bridgehead atoms. The highest BCUT2D eigenvalue weighted by molar-refractivity contribution is 7.15. The molecule has 1 amide bonds. The van der Waals surface area contributed by atoms with E-state index in [2.05, 4.69) is 22.0 Å². The Morgan fingerprint density at radius 2 is 1.96 bits per heavy atom. The minimum absolute atomic E-state index is 0. The molecule has 2 heterocycles. The van der Waals surface area contributed by atoms with Crippen molar-refractivity contribution >= 4 is 34.8 Å². The second kappa shape index (κ2) is 9.75. The summed E-state index contributed by atoms with van der Waals surface area (Å²) < 4.78 is 0. The van der Waals surface area contributed by atoms with Gasteiger partial charge in [0.1, 0.15) is 0 Å². The van der Waals surface area contributed by atoms with Gasteiger partial charge in [-0.15, -0.1) is 23.7 Å². The van der Waals surface area contributed by atoms with E-state index in [1.165, 1.54) is 10.4 Å². The van der Waals surface area contributed by atoms with Gasteiger partial charge in [0.2, 0.25) is 5.91 Å². The summed E-state index contributed by atoms with van der Waals surface area (Å²) in [6, 6.07) is 10.2. The third-order valence-electron chi connectivity index (χ3n) is 4.36. The average molecular weight is 381 g/mol. The van der Waals surface area contributed by atoms with Crippen LogP contribution in [0.2, 0.25) is 0 Å². The molecule has 0 saturated carbocycles. The maximum atomic E-state index is 12.5. The topological polar surface area (TPSA) is 62.5 Å². The molecular weight excluding hydrogens is 356 g/mol. The van der Waals surface area contributed by atoms with Crippen LogP contribution in [0.1, 0.15) is 23.3 Å². The van der Waals surface area contributed by atoms with Crippen molar-refractivity contribution in [2.45, 2.75) is 25.8 Å². The smallest absolute Gasteiger partial charge is 0.222 e. The quantitative estimate of drug-likeness (QED) is 0.866. The van der Waals surface area contributed by atoms with Gasteiger partial charge in [-0.2, -0.15) is 0 Å². The van der Waals surface area contributed by atoms with E-state index in [0.29, 0.717) is 11.6 Å². The Balaban J connectivity index is 0.00000225. The molecule has 0 spiro atoms. The summed E-state index contributed by atoms with van der Waals surface area (Å²) in [4.78, 5) is 22.2. The third-order valence-corrected chi connectivity index (χ3v) is 5.17. The minimum Gasteiger partial charge on any atom is -0.375 e. The fraction of sp³-hybridized carbons (Fsp3) is 0.444. The molecule has 1 aliphatic heterocycles. The summed E-state index contributed by atoms with van der Waals surface area (Å²) >= 11 is 1.55. The van der Waals surface area contributed by atoms with Gasteiger partial charge >= 0.3 is 0 Å². The average Bonchev–Trinajstić information content (AvgIpc) is 2.86. The number of rotatable bonds is 5. The number of hydrogen-bond donors (Lipinski definition) is 1. The molecule has 3 rings (SSSR count). The standard InChI is InChI=1S/C18H24N4OS.ClH/c19-18-20-13-16(24-18)14-21-9-4-10-22(12-11-21)17(23)8-7-15-5-2-1-3-6-15;/h1-3,5-6,13H,4,7-12,14H2,(H2,19,20);1H. The predicted molar refractivity (Wildman–Crippen MR) is 105 cm³/mol. The highest BCUT2D eigenvalue weighted by Gasteiger charge is 2.19. The van der Waals surface area contributed by atoms with Crippen LogP contribution in [0.25, 0.3) is 0 Å². The van der Waals surface area contributed by atoms with Crippen molar-refractivity contribution in [2.24, 2.45) is 0 Å². The van der Waals surface area contributed by atoms with Crippen molar-refractivity contribution in [1.82, 2.24) is 14.8 Å². The van der Waals surface area contributed by atoms with E-state index in [1.54, 1.807) is 11.3 Å². The summed E-state index contributed by atoms with van der Waals surface area (Å²) in [6.07, 6.45) is 4.29. The van der Waals surface area contributed by atoms with Crippen molar-refractivity contribution in [1.29, 1.82) is 0 Å². The lowest BCUT2D eigenvalue weighted by Crippen LogP contribution is -2.35. The molecule has 1 saturated heterocycles. The Kier molecular flexibility index (Phi) is 7.68. The molecule has 0 aliphatic carbocycles. The van der Waals surface area contributed by atoms with Crippen LogP contribution in [0.3, 0.4) is 0 Å². The van der Waals surface area contributed by atoms with Gasteiger partial charge in [-0.05, 0) is 18.4 Å². The number of thiazole rings is 1. The highest BCUT2D eigenvalue weighted by atomic mass is 35.5. The number of nitrogen functional groups attached to an aromatic ring is 1. The molecule has 7 heteroatoms. The molecule has 1 aromatic heterocycles. The fourth-order valence-corrected chi connectivity index (χ4v) is 3.78. The Bertz CT molecular complexity index is 664. The first kappa shape index (κ1) is 19.7. The summed E-state index contributed by atoms with van der Waals surface area (Å²) in [7, 11) is 0. The number of carbonyl (C=O) groups is 1. The molecule has 1 aromatic carbocycles. The number of nitrogens with two attached hydrogens (primary N) is 1. The van der Waals surface area contributed by atoms with E-state index in [4.69, 9.17) is 5.73 Å². The predicted octanol–water partition coefficient (Wildman–Crippen LogP) is 2.81. The Morgan fingerprint density at radius 1 is 1.16 bits per heavy atom. The number of aromatic nitrogens is 1. The van der Waals surface area contributed by atoms with Crippen molar-refractivity contribution in [3.63, 3.8) is 0 Å². The van der Waals surface area contributed by atoms with Gasteiger partial charge in [0, 0.05) is 50.2 Å². The van der Waals surface area contributed by atoms with Gasteiger partial charge in [0.05, 0.1) is 0 Å². The number of nitrogens with zero attached hydrogens (tertiary/aromatic N) is 3. The number of amides is 1. The molecule has 0 radical (unpaired) electrons. The van der Waals surface area contributed by atoms with E-state index >= 15 is 0 Å². The maximum absolute atomic E-state index is 12.5. The Labute approximate surface area is 159 Å². The van der Waals surface area contributed by atoms with Gasteiger partial charge in [0.15, 0.2) is 5.13 Å². The first-order valence-electron chi connectivity index (χ1n) is 8.45. The maximum Gasteiger partial charge on any atom is 0.222 e. The van der Waals surface area contributed by atoms with Crippen LogP contribution in [-0.4, -0.2) is 46.9 Å².